The van der Waals surface area contributed by atoms with Crippen LogP contribution in [0.2, 0.25) is 0 Å². The number of hydrogen-bond acceptors (Lipinski definition) is 5. The Balaban J connectivity index is 1.70. The van der Waals surface area contributed by atoms with E-state index < -0.39 is 56.8 Å². The average Bonchev–Trinajstić information content (AvgIpc) is 2.99. The van der Waals surface area contributed by atoms with Gasteiger partial charge in [0.25, 0.3) is 5.92 Å². The molecule has 0 N–H and O–H groups in total. The Bertz CT molecular complexity index is 1210. The van der Waals surface area contributed by atoms with Gasteiger partial charge in [0.15, 0.2) is 14.6 Å². The Morgan fingerprint density at radius 1 is 1.15 bits per heavy atom. The number of hydrogen-bond donors (Lipinski definition) is 0. The summed E-state index contributed by atoms with van der Waals surface area (Å²) >= 11 is 0. The number of alkyl halides is 2. The number of benzene rings is 1. The van der Waals surface area contributed by atoms with E-state index >= 15 is 8.78 Å². The second-order valence-electron chi connectivity index (χ2n) is 9.25. The van der Waals surface area contributed by atoms with E-state index in [2.05, 4.69) is 4.98 Å². The molecule has 1 saturated heterocycles. The molecule has 8 heteroatoms. The molecule has 5 nitrogen and oxygen atoms in total. The molecule has 2 aromatic rings. The lowest BCUT2D eigenvalue weighted by Crippen LogP contribution is -2.61. The van der Waals surface area contributed by atoms with Crippen molar-refractivity contribution in [2.75, 3.05) is 6.26 Å². The van der Waals surface area contributed by atoms with Gasteiger partial charge in [-0.2, -0.15) is 0 Å². The minimum Gasteiger partial charge on any atom is -0.461 e. The Labute approximate surface area is 192 Å². The first-order valence-electron chi connectivity index (χ1n) is 10.9. The Morgan fingerprint density at radius 3 is 2.45 bits per heavy atom. The molecule has 1 saturated carbocycles. The molecule has 2 heterocycles. The first kappa shape index (κ1) is 23.5. The number of allylic oxidation sites excluding steroid dienone is 1. The van der Waals surface area contributed by atoms with Crippen LogP contribution in [0, 0.1) is 24.7 Å². The van der Waals surface area contributed by atoms with Crippen molar-refractivity contribution in [2.45, 2.75) is 44.0 Å². The quantitative estimate of drug-likeness (QED) is 0.599. The van der Waals surface area contributed by atoms with E-state index in [1.165, 1.54) is 6.92 Å². The molecule has 176 valence electrons. The number of fused-ring (bicyclic) bond motifs is 1. The van der Waals surface area contributed by atoms with E-state index in [-0.39, 0.29) is 0 Å². The average molecular weight is 476 g/mol. The fraction of sp³-hybridized carbons (Fsp3) is 0.440. The second-order valence-corrected chi connectivity index (χ2v) is 11.5. The zero-order chi connectivity index (χ0) is 24.2. The fourth-order valence-corrected chi connectivity index (χ4v) is 7.01. The lowest BCUT2D eigenvalue weighted by molar-refractivity contribution is -0.148. The van der Waals surface area contributed by atoms with Crippen molar-refractivity contribution >= 4 is 21.9 Å². The zero-order valence-corrected chi connectivity index (χ0v) is 19.8. The molecule has 0 spiro atoms. The van der Waals surface area contributed by atoms with Crippen LogP contribution < -0.4 is 0 Å². The molecule has 1 aromatic carbocycles. The minimum absolute atomic E-state index is 0.552. The summed E-state index contributed by atoms with van der Waals surface area (Å²) in [5.41, 5.74) is 3.64. The molecule has 2 aliphatic rings. The van der Waals surface area contributed by atoms with Crippen LogP contribution in [0.3, 0.4) is 0 Å². The third-order valence-electron chi connectivity index (χ3n) is 7.23. The van der Waals surface area contributed by atoms with E-state index in [4.69, 9.17) is 4.74 Å². The molecule has 1 aliphatic heterocycles. The SMILES string of the molecule is Cc1ccccc1-c1ccc(/C=C/[C@@H]2[C@@H]3[C@@H](C)OC(=O)[C@]3(S(C)(=O)=O)CC(F)(F)[C@H]2C)nc1. The summed E-state index contributed by atoms with van der Waals surface area (Å²) < 4.78 is 58.5. The molecule has 0 unspecified atom stereocenters. The number of sulfone groups is 1. The van der Waals surface area contributed by atoms with E-state index in [0.29, 0.717) is 5.69 Å². The molecule has 4 rings (SSSR count). The van der Waals surface area contributed by atoms with Gasteiger partial charge < -0.3 is 4.74 Å². The highest BCUT2D eigenvalue weighted by Crippen LogP contribution is 2.57. The highest BCUT2D eigenvalue weighted by molar-refractivity contribution is 7.92. The number of ether oxygens (including phenoxy) is 1. The number of carbonyl (C=O) groups excluding carboxylic acids is 1. The van der Waals surface area contributed by atoms with Gasteiger partial charge in [0.05, 0.1) is 5.69 Å². The van der Waals surface area contributed by atoms with Crippen LogP contribution in [0.5, 0.6) is 0 Å². The van der Waals surface area contributed by atoms with Crippen molar-refractivity contribution in [3.63, 3.8) is 0 Å². The molecule has 5 atom stereocenters. The van der Waals surface area contributed by atoms with Crippen LogP contribution in [-0.2, 0) is 19.4 Å². The molecular weight excluding hydrogens is 448 g/mol. The smallest absolute Gasteiger partial charge is 0.328 e. The standard InChI is InChI=1S/C25H27F2NO4S/c1-15-7-5-6-8-20(15)18-9-10-19(28-13-18)11-12-21-16(2)25(26,27)14-24(33(4,30)31)22(21)17(3)32-23(24)29/h5-13,16-17,21-22H,14H2,1-4H3/b12-11+/t16-,17+,21-,22-,24-/m0/s1. The Kier molecular flexibility index (Phi) is 5.71. The van der Waals surface area contributed by atoms with Crippen LogP contribution in [0.4, 0.5) is 8.78 Å². The number of esters is 1. The van der Waals surface area contributed by atoms with Gasteiger partial charge in [0, 0.05) is 36.3 Å². The number of carbonyl (C=O) groups is 1. The van der Waals surface area contributed by atoms with Crippen LogP contribution in [0.15, 0.2) is 48.7 Å². The normalized spacial score (nSPS) is 31.4. The van der Waals surface area contributed by atoms with Gasteiger partial charge in [-0.3, -0.25) is 9.78 Å². The molecule has 0 amide bonds. The first-order chi connectivity index (χ1) is 15.4. The summed E-state index contributed by atoms with van der Waals surface area (Å²) in [6.45, 7) is 4.97. The largest absolute Gasteiger partial charge is 0.461 e. The fourth-order valence-electron chi connectivity index (χ4n) is 5.36. The van der Waals surface area contributed by atoms with Crippen LogP contribution in [0.25, 0.3) is 17.2 Å². The highest BCUT2D eigenvalue weighted by atomic mass is 32.2. The van der Waals surface area contributed by atoms with Gasteiger partial charge in [0.1, 0.15) is 6.10 Å². The highest BCUT2D eigenvalue weighted by Gasteiger charge is 2.72. The number of aryl methyl sites for hydroxylation is 1. The summed E-state index contributed by atoms with van der Waals surface area (Å²) in [6, 6.07) is 11.6. The van der Waals surface area contributed by atoms with Crippen molar-refractivity contribution in [3.8, 4) is 11.1 Å². The molecule has 1 aromatic heterocycles. The molecule has 33 heavy (non-hydrogen) atoms. The predicted octanol–water partition coefficient (Wildman–Crippen LogP) is 4.71. The molecule has 2 fully saturated rings. The van der Waals surface area contributed by atoms with Gasteiger partial charge in [0.2, 0.25) is 0 Å². The summed E-state index contributed by atoms with van der Waals surface area (Å²) in [5, 5.41) is 0. The zero-order valence-electron chi connectivity index (χ0n) is 19.0. The van der Waals surface area contributed by atoms with E-state index in [1.54, 1.807) is 31.3 Å². The van der Waals surface area contributed by atoms with E-state index in [1.807, 2.05) is 37.3 Å². The van der Waals surface area contributed by atoms with Gasteiger partial charge in [-0.25, -0.2) is 17.2 Å². The number of nitrogens with zero attached hydrogens (tertiary/aromatic N) is 1. The summed E-state index contributed by atoms with van der Waals surface area (Å²) in [4.78, 5) is 17.1. The maximum Gasteiger partial charge on any atom is 0.328 e. The third-order valence-corrected chi connectivity index (χ3v) is 9.14. The number of halogens is 2. The second kappa shape index (κ2) is 8.01. The van der Waals surface area contributed by atoms with Gasteiger partial charge in [-0.1, -0.05) is 43.3 Å². The molecule has 0 bridgehead atoms. The van der Waals surface area contributed by atoms with Crippen LogP contribution in [0.1, 0.15) is 31.5 Å². The van der Waals surface area contributed by atoms with Crippen molar-refractivity contribution < 1.29 is 26.7 Å². The van der Waals surface area contributed by atoms with Crippen molar-refractivity contribution in [1.29, 1.82) is 0 Å². The lowest BCUT2D eigenvalue weighted by atomic mass is 9.64. The van der Waals surface area contributed by atoms with Crippen molar-refractivity contribution in [3.05, 3.63) is 59.9 Å². The maximum absolute atomic E-state index is 15.0. The number of cyclic esters (lactones) is 1. The van der Waals surface area contributed by atoms with Crippen LogP contribution in [-0.4, -0.2) is 42.4 Å². The topological polar surface area (TPSA) is 73.3 Å². The molecule has 0 radical (unpaired) electrons. The maximum atomic E-state index is 15.0. The van der Waals surface area contributed by atoms with Gasteiger partial charge in [-0.15, -0.1) is 0 Å². The predicted molar refractivity (Wildman–Crippen MR) is 122 cm³/mol. The first-order valence-corrected chi connectivity index (χ1v) is 12.8. The number of pyridine rings is 1. The lowest BCUT2D eigenvalue weighted by Gasteiger charge is -2.46. The van der Waals surface area contributed by atoms with Crippen LogP contribution >= 0.6 is 0 Å². The number of aromatic nitrogens is 1. The van der Waals surface area contributed by atoms with E-state index in [9.17, 15) is 13.2 Å². The van der Waals surface area contributed by atoms with Crippen molar-refractivity contribution in [2.24, 2.45) is 17.8 Å². The summed E-state index contributed by atoms with van der Waals surface area (Å²) in [5.74, 6) is -7.38. The van der Waals surface area contributed by atoms with Gasteiger partial charge >= 0.3 is 5.97 Å². The van der Waals surface area contributed by atoms with Gasteiger partial charge in [-0.05, 0) is 43.0 Å². The monoisotopic (exact) mass is 475 g/mol. The van der Waals surface area contributed by atoms with Crippen molar-refractivity contribution in [1.82, 2.24) is 4.98 Å². The summed E-state index contributed by atoms with van der Waals surface area (Å²) in [6.07, 6.45) is 3.90. The number of rotatable bonds is 4. The Hall–Kier alpha value is -2.61. The summed E-state index contributed by atoms with van der Waals surface area (Å²) in [7, 11) is -4.16. The molecular formula is C25H27F2NO4S. The van der Waals surface area contributed by atoms with E-state index in [0.717, 1.165) is 22.9 Å². The molecule has 1 aliphatic carbocycles. The third kappa shape index (κ3) is 3.78. The Morgan fingerprint density at radius 2 is 1.85 bits per heavy atom. The minimum atomic E-state index is -4.16.